The number of hydrogen-bond acceptors (Lipinski definition) is 4. The molecule has 1 rings (SSSR count). The summed E-state index contributed by atoms with van der Waals surface area (Å²) in [5.74, 6) is 2.02. The number of aromatic nitrogens is 1. The number of hydrogen-bond donors (Lipinski definition) is 3. The fraction of sp³-hybridized carbons (Fsp3) is 0.714. The van der Waals surface area contributed by atoms with Crippen molar-refractivity contribution in [1.29, 1.82) is 0 Å². The molecule has 0 aromatic carbocycles. The first-order chi connectivity index (χ1) is 9.56. The van der Waals surface area contributed by atoms with Crippen LogP contribution in [0.15, 0.2) is 15.6 Å². The maximum absolute atomic E-state index is 9.02. The van der Waals surface area contributed by atoms with E-state index >= 15 is 0 Å². The molecule has 0 aliphatic heterocycles. The van der Waals surface area contributed by atoms with Crippen molar-refractivity contribution < 1.29 is 9.63 Å². The Morgan fingerprint density at radius 2 is 2.15 bits per heavy atom. The van der Waals surface area contributed by atoms with Crippen LogP contribution in [0.25, 0.3) is 0 Å². The second-order valence-corrected chi connectivity index (χ2v) is 5.24. The van der Waals surface area contributed by atoms with Gasteiger partial charge in [0.1, 0.15) is 6.54 Å². The smallest absolute Gasteiger partial charge is 0.191 e. The maximum Gasteiger partial charge on any atom is 0.191 e. The minimum atomic E-state index is 0.159. The van der Waals surface area contributed by atoms with Crippen molar-refractivity contribution in [2.45, 2.75) is 40.2 Å². The normalized spacial score (nSPS) is 13.6. The average Bonchev–Trinajstić information content (AvgIpc) is 2.90. The van der Waals surface area contributed by atoms with E-state index in [9.17, 15) is 0 Å². The first-order valence-corrected chi connectivity index (χ1v) is 7.15. The van der Waals surface area contributed by atoms with Crippen LogP contribution in [0.2, 0.25) is 0 Å². The average molecular weight is 282 g/mol. The Labute approximate surface area is 120 Å². The molecular formula is C14H26N4O2. The van der Waals surface area contributed by atoms with Gasteiger partial charge < -0.3 is 20.3 Å². The van der Waals surface area contributed by atoms with Gasteiger partial charge in [-0.1, -0.05) is 25.9 Å². The molecule has 0 aliphatic carbocycles. The van der Waals surface area contributed by atoms with Gasteiger partial charge in [-0.2, -0.15) is 0 Å². The predicted octanol–water partition coefficient (Wildman–Crippen LogP) is 1.48. The summed E-state index contributed by atoms with van der Waals surface area (Å²) in [6.45, 7) is 10.2. The number of aliphatic hydroxyl groups is 1. The highest BCUT2D eigenvalue weighted by atomic mass is 16.5. The van der Waals surface area contributed by atoms with Crippen LogP contribution in [0.5, 0.6) is 0 Å². The van der Waals surface area contributed by atoms with E-state index in [1.807, 2.05) is 19.9 Å². The summed E-state index contributed by atoms with van der Waals surface area (Å²) in [5, 5.41) is 19.4. The van der Waals surface area contributed by atoms with Gasteiger partial charge in [0.05, 0.1) is 5.69 Å². The summed E-state index contributed by atoms with van der Waals surface area (Å²) in [5.41, 5.74) is 0.946. The van der Waals surface area contributed by atoms with Crippen LogP contribution in [0.4, 0.5) is 0 Å². The summed E-state index contributed by atoms with van der Waals surface area (Å²) in [4.78, 5) is 4.44. The number of guanidine groups is 1. The lowest BCUT2D eigenvalue weighted by Crippen LogP contribution is -2.39. The lowest BCUT2D eigenvalue weighted by molar-refractivity contribution is 0.238. The largest absolute Gasteiger partial charge is 0.396 e. The van der Waals surface area contributed by atoms with E-state index in [2.05, 4.69) is 34.6 Å². The van der Waals surface area contributed by atoms with E-state index in [4.69, 9.17) is 9.63 Å². The molecular weight excluding hydrogens is 256 g/mol. The van der Waals surface area contributed by atoms with Crippen LogP contribution in [0.1, 0.15) is 45.1 Å². The highest BCUT2D eigenvalue weighted by Gasteiger charge is 2.08. The molecule has 1 unspecified atom stereocenters. The Kier molecular flexibility index (Phi) is 7.08. The van der Waals surface area contributed by atoms with Gasteiger partial charge in [0.15, 0.2) is 11.7 Å². The van der Waals surface area contributed by atoms with Gasteiger partial charge >= 0.3 is 0 Å². The molecule has 0 amide bonds. The lowest BCUT2D eigenvalue weighted by Gasteiger charge is -2.13. The van der Waals surface area contributed by atoms with Crippen LogP contribution in [0, 0.1) is 5.92 Å². The zero-order chi connectivity index (χ0) is 15.0. The summed E-state index contributed by atoms with van der Waals surface area (Å²) in [6, 6.07) is 1.94. The fourth-order valence-corrected chi connectivity index (χ4v) is 1.51. The Hall–Kier alpha value is -1.56. The first kappa shape index (κ1) is 16.5. The summed E-state index contributed by atoms with van der Waals surface area (Å²) >= 11 is 0. The van der Waals surface area contributed by atoms with E-state index in [1.165, 1.54) is 0 Å². The van der Waals surface area contributed by atoms with Gasteiger partial charge in [-0.3, -0.25) is 0 Å². The number of aliphatic hydroxyl groups excluding tert-OH is 1. The van der Waals surface area contributed by atoms with Gasteiger partial charge in [-0.15, -0.1) is 0 Å². The SMILES string of the molecule is CCNC(=NCc1cc(C(C)C)no1)NCC(C)CO. The zero-order valence-electron chi connectivity index (χ0n) is 12.8. The Bertz CT molecular complexity index is 415. The van der Waals surface area contributed by atoms with Gasteiger partial charge in [-0.05, 0) is 18.8 Å². The predicted molar refractivity (Wildman–Crippen MR) is 79.7 cm³/mol. The Morgan fingerprint density at radius 3 is 2.70 bits per heavy atom. The summed E-state index contributed by atoms with van der Waals surface area (Å²) in [7, 11) is 0. The van der Waals surface area contributed by atoms with E-state index < -0.39 is 0 Å². The van der Waals surface area contributed by atoms with Crippen molar-refractivity contribution >= 4 is 5.96 Å². The molecule has 1 aromatic rings. The quantitative estimate of drug-likeness (QED) is 0.521. The third kappa shape index (κ3) is 5.61. The highest BCUT2D eigenvalue weighted by molar-refractivity contribution is 5.79. The number of nitrogens with zero attached hydrogens (tertiary/aromatic N) is 2. The molecule has 1 atom stereocenters. The standard InChI is InChI=1S/C14H26N4O2/c1-5-15-14(16-7-11(4)9-19)17-8-12-6-13(10(2)3)18-20-12/h6,10-11,19H,5,7-9H2,1-4H3,(H2,15,16,17). The van der Waals surface area contributed by atoms with Gasteiger partial charge in [0, 0.05) is 25.8 Å². The minimum absolute atomic E-state index is 0.159. The van der Waals surface area contributed by atoms with Gasteiger partial charge in [0.25, 0.3) is 0 Å². The first-order valence-electron chi connectivity index (χ1n) is 7.15. The molecule has 0 aliphatic rings. The summed E-state index contributed by atoms with van der Waals surface area (Å²) in [6.07, 6.45) is 0. The molecule has 1 heterocycles. The van der Waals surface area contributed by atoms with Crippen LogP contribution in [-0.2, 0) is 6.54 Å². The number of rotatable bonds is 7. The molecule has 3 N–H and O–H groups in total. The van der Waals surface area contributed by atoms with Crippen LogP contribution in [-0.4, -0.2) is 35.9 Å². The molecule has 0 bridgehead atoms. The third-order valence-electron chi connectivity index (χ3n) is 2.84. The topological polar surface area (TPSA) is 82.7 Å². The fourth-order valence-electron chi connectivity index (χ4n) is 1.51. The molecule has 0 saturated carbocycles. The van der Waals surface area contributed by atoms with E-state index in [1.54, 1.807) is 0 Å². The molecule has 6 heteroatoms. The van der Waals surface area contributed by atoms with E-state index in [-0.39, 0.29) is 12.5 Å². The highest BCUT2D eigenvalue weighted by Crippen LogP contribution is 2.14. The number of nitrogens with one attached hydrogen (secondary N) is 2. The van der Waals surface area contributed by atoms with Gasteiger partial charge in [0.2, 0.25) is 0 Å². The van der Waals surface area contributed by atoms with Crippen LogP contribution in [0.3, 0.4) is 0 Å². The van der Waals surface area contributed by atoms with Crippen molar-refractivity contribution in [3.63, 3.8) is 0 Å². The zero-order valence-corrected chi connectivity index (χ0v) is 12.8. The Balaban J connectivity index is 2.56. The summed E-state index contributed by atoms with van der Waals surface area (Å²) < 4.78 is 5.25. The molecule has 1 aromatic heterocycles. The second kappa shape index (κ2) is 8.58. The molecule has 0 fully saturated rings. The van der Waals surface area contributed by atoms with Crippen molar-refractivity contribution in [2.75, 3.05) is 19.7 Å². The van der Waals surface area contributed by atoms with Crippen molar-refractivity contribution in [1.82, 2.24) is 15.8 Å². The monoisotopic (exact) mass is 282 g/mol. The minimum Gasteiger partial charge on any atom is -0.396 e. The molecule has 0 saturated heterocycles. The molecule has 114 valence electrons. The van der Waals surface area contributed by atoms with Gasteiger partial charge in [-0.25, -0.2) is 4.99 Å². The molecule has 0 spiro atoms. The maximum atomic E-state index is 9.02. The van der Waals surface area contributed by atoms with Crippen LogP contribution >= 0.6 is 0 Å². The van der Waals surface area contributed by atoms with Crippen LogP contribution < -0.4 is 10.6 Å². The van der Waals surface area contributed by atoms with E-state index in [0.29, 0.717) is 19.0 Å². The Morgan fingerprint density at radius 1 is 1.40 bits per heavy atom. The molecule has 6 nitrogen and oxygen atoms in total. The molecule has 20 heavy (non-hydrogen) atoms. The van der Waals surface area contributed by atoms with Crippen molar-refractivity contribution in [2.24, 2.45) is 10.9 Å². The van der Waals surface area contributed by atoms with Crippen molar-refractivity contribution in [3.05, 3.63) is 17.5 Å². The number of aliphatic imine (C=N–C) groups is 1. The third-order valence-corrected chi connectivity index (χ3v) is 2.84. The lowest BCUT2D eigenvalue weighted by atomic mass is 10.1. The molecule has 0 radical (unpaired) electrons. The van der Waals surface area contributed by atoms with Crippen molar-refractivity contribution in [3.8, 4) is 0 Å². The second-order valence-electron chi connectivity index (χ2n) is 5.24. The van der Waals surface area contributed by atoms with E-state index in [0.717, 1.165) is 24.0 Å².